The van der Waals surface area contributed by atoms with Crippen molar-refractivity contribution in [2.45, 2.75) is 6.73 Å². The van der Waals surface area contributed by atoms with E-state index >= 15 is 0 Å². The summed E-state index contributed by atoms with van der Waals surface area (Å²) in [5.41, 5.74) is 2.73. The average Bonchev–Trinajstić information content (AvgIpc) is 2.82. The van der Waals surface area contributed by atoms with Crippen molar-refractivity contribution in [2.75, 3.05) is 27.6 Å². The van der Waals surface area contributed by atoms with Crippen molar-refractivity contribution in [3.63, 3.8) is 0 Å². The van der Waals surface area contributed by atoms with Crippen LogP contribution < -0.4 is 0 Å². The molecule has 6 nitrogen and oxygen atoms in total. The number of para-hydroxylation sites is 1. The highest BCUT2D eigenvalue weighted by Gasteiger charge is 2.13. The first-order valence-electron chi connectivity index (χ1n) is 6.84. The number of fused-ring (bicyclic) bond motifs is 1. The third kappa shape index (κ3) is 3.54. The van der Waals surface area contributed by atoms with Gasteiger partial charge in [0.25, 0.3) is 0 Å². The van der Waals surface area contributed by atoms with Crippen molar-refractivity contribution < 1.29 is 19.4 Å². The molecule has 6 heteroatoms. The van der Waals surface area contributed by atoms with E-state index in [-0.39, 0.29) is 6.79 Å². The molecule has 0 saturated heterocycles. The smallest absolute Gasteiger partial charge is 0.146 e. The monoisotopic (exact) mass is 304 g/mol. The molecule has 1 aromatic heterocycles. The van der Waals surface area contributed by atoms with Crippen LogP contribution in [-0.4, -0.2) is 43.6 Å². The molecule has 118 valence electrons. The van der Waals surface area contributed by atoms with Gasteiger partial charge in [-0.2, -0.15) is 0 Å². The number of benzene rings is 1. The van der Waals surface area contributed by atoms with Gasteiger partial charge in [-0.1, -0.05) is 35.5 Å². The third-order valence-corrected chi connectivity index (χ3v) is 3.19. The highest BCUT2D eigenvalue weighted by molar-refractivity contribution is 5.99. The summed E-state index contributed by atoms with van der Waals surface area (Å²) in [5, 5.41) is 13.2. The van der Waals surface area contributed by atoms with Crippen molar-refractivity contribution >= 4 is 23.2 Å². The third-order valence-electron chi connectivity index (χ3n) is 3.19. The number of hydrogen-bond donors (Lipinski definition) is 1. The number of aromatic nitrogens is 1. The fraction of sp³-hybridized carbons (Fsp3) is 0.312. The first kappa shape index (κ1) is 16.2. The van der Waals surface area contributed by atoms with Crippen LogP contribution in [0, 0.1) is 0 Å². The molecule has 0 aliphatic carbocycles. The van der Waals surface area contributed by atoms with Crippen LogP contribution in [0.3, 0.4) is 0 Å². The highest BCUT2D eigenvalue weighted by Crippen LogP contribution is 2.26. The summed E-state index contributed by atoms with van der Waals surface area (Å²) in [6.45, 7) is 1.06. The Bertz CT molecular complexity index is 661. The van der Waals surface area contributed by atoms with Crippen LogP contribution in [0.2, 0.25) is 0 Å². The Hall–Kier alpha value is -2.15. The quantitative estimate of drug-likeness (QED) is 0.268. The first-order chi connectivity index (χ1) is 10.8. The van der Waals surface area contributed by atoms with Gasteiger partial charge in [-0.3, -0.25) is 0 Å². The van der Waals surface area contributed by atoms with Gasteiger partial charge >= 0.3 is 0 Å². The molecule has 1 aromatic carbocycles. The molecular weight excluding hydrogens is 284 g/mol. The van der Waals surface area contributed by atoms with E-state index in [0.717, 1.165) is 22.2 Å². The van der Waals surface area contributed by atoms with Crippen LogP contribution in [0.15, 0.2) is 35.5 Å². The molecule has 0 unspecified atom stereocenters. The Kier molecular flexibility index (Phi) is 6.14. The van der Waals surface area contributed by atoms with Crippen LogP contribution in [0.1, 0.15) is 11.3 Å². The molecule has 22 heavy (non-hydrogen) atoms. The molecular formula is C16H20N2O4. The molecule has 0 aliphatic rings. The summed E-state index contributed by atoms with van der Waals surface area (Å²) in [7, 11) is 3.21. The lowest BCUT2D eigenvalue weighted by atomic mass is 10.1. The molecule has 1 N–H and O–H groups in total. The van der Waals surface area contributed by atoms with Crippen molar-refractivity contribution in [1.82, 2.24) is 4.57 Å². The van der Waals surface area contributed by atoms with Gasteiger partial charge in [0.1, 0.15) is 13.5 Å². The van der Waals surface area contributed by atoms with Gasteiger partial charge in [0.2, 0.25) is 0 Å². The second kappa shape index (κ2) is 8.33. The van der Waals surface area contributed by atoms with Crippen molar-refractivity contribution in [3.05, 3.63) is 41.6 Å². The van der Waals surface area contributed by atoms with Crippen molar-refractivity contribution in [2.24, 2.45) is 5.16 Å². The maximum atomic E-state index is 8.95. The van der Waals surface area contributed by atoms with Gasteiger partial charge in [-0.25, -0.2) is 0 Å². The Labute approximate surface area is 129 Å². The summed E-state index contributed by atoms with van der Waals surface area (Å²) in [6, 6.07) is 7.95. The van der Waals surface area contributed by atoms with Gasteiger partial charge in [0.15, 0.2) is 0 Å². The van der Waals surface area contributed by atoms with E-state index in [1.54, 1.807) is 14.2 Å². The van der Waals surface area contributed by atoms with Crippen LogP contribution in [0.5, 0.6) is 0 Å². The minimum absolute atomic E-state index is 0.251. The Morgan fingerprint density at radius 1 is 1.23 bits per heavy atom. The molecule has 1 heterocycles. The van der Waals surface area contributed by atoms with Gasteiger partial charge in [0, 0.05) is 25.2 Å². The molecule has 0 fully saturated rings. The fourth-order valence-corrected chi connectivity index (χ4v) is 2.35. The SMILES string of the molecule is COCOC/C=C/c1c(/C=N/O)n(COC)c2ccccc12. The van der Waals surface area contributed by atoms with Crippen LogP contribution in [0.4, 0.5) is 0 Å². The first-order valence-corrected chi connectivity index (χ1v) is 6.84. The minimum Gasteiger partial charge on any atom is -0.411 e. The average molecular weight is 304 g/mol. The van der Waals surface area contributed by atoms with E-state index in [0.29, 0.717) is 13.3 Å². The normalized spacial score (nSPS) is 12.1. The topological polar surface area (TPSA) is 65.2 Å². The van der Waals surface area contributed by atoms with E-state index < -0.39 is 0 Å². The summed E-state index contributed by atoms with van der Waals surface area (Å²) in [5.74, 6) is 0. The van der Waals surface area contributed by atoms with E-state index in [9.17, 15) is 0 Å². The number of ether oxygens (including phenoxy) is 3. The number of methoxy groups -OCH3 is 2. The maximum Gasteiger partial charge on any atom is 0.146 e. The molecule has 0 atom stereocenters. The van der Waals surface area contributed by atoms with Gasteiger partial charge in [-0.05, 0) is 6.07 Å². The standard InChI is InChI=1S/C16H20N2O4/c1-20-11-18-15-8-4-3-6-13(15)14(16(18)10-17-19)7-5-9-22-12-21-2/h3-8,10,19H,9,11-12H2,1-2H3/b7-5+,17-10+. The number of hydrogen-bond acceptors (Lipinski definition) is 5. The second-order valence-electron chi connectivity index (χ2n) is 4.59. The zero-order chi connectivity index (χ0) is 15.8. The zero-order valence-electron chi connectivity index (χ0n) is 12.7. The fourth-order valence-electron chi connectivity index (χ4n) is 2.35. The van der Waals surface area contributed by atoms with Gasteiger partial charge in [-0.15, -0.1) is 0 Å². The molecule has 0 radical (unpaired) electrons. The van der Waals surface area contributed by atoms with E-state index in [2.05, 4.69) is 5.16 Å². The predicted octanol–water partition coefficient (Wildman–Crippen LogP) is 2.69. The summed E-state index contributed by atoms with van der Waals surface area (Å²) in [4.78, 5) is 0. The molecule has 0 amide bonds. The molecule has 0 spiro atoms. The highest BCUT2D eigenvalue weighted by atomic mass is 16.7. The Morgan fingerprint density at radius 2 is 2.05 bits per heavy atom. The van der Waals surface area contributed by atoms with E-state index in [4.69, 9.17) is 19.4 Å². The molecule has 0 aliphatic heterocycles. The number of oxime groups is 1. The van der Waals surface area contributed by atoms with Crippen LogP contribution in [-0.2, 0) is 20.9 Å². The molecule has 2 aromatic rings. The van der Waals surface area contributed by atoms with Gasteiger partial charge in [0.05, 0.1) is 24.0 Å². The second-order valence-corrected chi connectivity index (χ2v) is 4.59. The molecule has 0 bridgehead atoms. The van der Waals surface area contributed by atoms with Crippen molar-refractivity contribution in [1.29, 1.82) is 0 Å². The van der Waals surface area contributed by atoms with Gasteiger partial charge < -0.3 is 24.0 Å². The lowest BCUT2D eigenvalue weighted by Crippen LogP contribution is -2.04. The summed E-state index contributed by atoms with van der Waals surface area (Å²) >= 11 is 0. The molecule has 2 rings (SSSR count). The number of rotatable bonds is 8. The van der Waals surface area contributed by atoms with E-state index in [1.807, 2.05) is 41.0 Å². The lowest BCUT2D eigenvalue weighted by molar-refractivity contribution is -0.0184. The summed E-state index contributed by atoms with van der Waals surface area (Å²) in [6.07, 6.45) is 5.25. The lowest BCUT2D eigenvalue weighted by Gasteiger charge is -2.06. The number of nitrogens with zero attached hydrogens (tertiary/aromatic N) is 2. The molecule has 0 saturated carbocycles. The van der Waals surface area contributed by atoms with Crippen LogP contribution >= 0.6 is 0 Å². The Morgan fingerprint density at radius 3 is 2.77 bits per heavy atom. The zero-order valence-corrected chi connectivity index (χ0v) is 12.7. The predicted molar refractivity (Wildman–Crippen MR) is 85.2 cm³/mol. The maximum absolute atomic E-state index is 8.95. The van der Waals surface area contributed by atoms with E-state index in [1.165, 1.54) is 6.21 Å². The van der Waals surface area contributed by atoms with Crippen LogP contribution in [0.25, 0.3) is 17.0 Å². The minimum atomic E-state index is 0.251. The largest absolute Gasteiger partial charge is 0.411 e. The summed E-state index contributed by atoms with van der Waals surface area (Å²) < 4.78 is 17.3. The Balaban J connectivity index is 2.43. The van der Waals surface area contributed by atoms with Crippen molar-refractivity contribution in [3.8, 4) is 0 Å².